The number of carbonyl (C=O) groups excluding carboxylic acids is 2. The Hall–Kier alpha value is -4.06. The highest BCUT2D eigenvalue weighted by atomic mass is 16.5. The molecule has 3 aromatic rings. The monoisotopic (exact) mass is 403 g/mol. The van der Waals surface area contributed by atoms with Crippen LogP contribution in [0.25, 0.3) is 6.08 Å². The van der Waals surface area contributed by atoms with E-state index in [0.29, 0.717) is 11.4 Å². The van der Waals surface area contributed by atoms with E-state index < -0.39 is 11.9 Å². The van der Waals surface area contributed by atoms with E-state index in [-0.39, 0.29) is 6.61 Å². The van der Waals surface area contributed by atoms with Crippen molar-refractivity contribution < 1.29 is 23.8 Å². The van der Waals surface area contributed by atoms with Gasteiger partial charge in [-0.2, -0.15) is 0 Å². The van der Waals surface area contributed by atoms with E-state index in [0.717, 1.165) is 17.1 Å². The van der Waals surface area contributed by atoms with Crippen LogP contribution >= 0.6 is 0 Å². The van der Waals surface area contributed by atoms with Crippen molar-refractivity contribution in [2.45, 2.75) is 0 Å². The molecule has 3 rings (SSSR count). The van der Waals surface area contributed by atoms with Crippen LogP contribution in [0.5, 0.6) is 17.2 Å². The summed E-state index contributed by atoms with van der Waals surface area (Å²) in [6.45, 7) is -0.381. The highest BCUT2D eigenvalue weighted by molar-refractivity contribution is 5.94. The molecule has 6 nitrogen and oxygen atoms in total. The number of nitrogens with one attached hydrogen (secondary N) is 1. The molecule has 0 spiro atoms. The molecule has 0 aromatic heterocycles. The Bertz CT molecular complexity index is 996. The van der Waals surface area contributed by atoms with Crippen molar-refractivity contribution >= 4 is 23.6 Å². The van der Waals surface area contributed by atoms with Gasteiger partial charge in [-0.05, 0) is 60.2 Å². The molecule has 0 aliphatic carbocycles. The van der Waals surface area contributed by atoms with Gasteiger partial charge >= 0.3 is 5.97 Å². The van der Waals surface area contributed by atoms with Crippen molar-refractivity contribution in [2.75, 3.05) is 19.0 Å². The second-order valence-corrected chi connectivity index (χ2v) is 6.20. The number of hydrogen-bond acceptors (Lipinski definition) is 5. The van der Waals surface area contributed by atoms with Gasteiger partial charge in [-0.3, -0.25) is 4.79 Å². The molecule has 0 radical (unpaired) electrons. The van der Waals surface area contributed by atoms with Crippen molar-refractivity contribution in [3.8, 4) is 17.2 Å². The minimum Gasteiger partial charge on any atom is -0.497 e. The molecule has 1 amide bonds. The van der Waals surface area contributed by atoms with Crippen LogP contribution in [0.4, 0.5) is 5.69 Å². The first-order valence-electron chi connectivity index (χ1n) is 9.24. The van der Waals surface area contributed by atoms with Crippen LogP contribution in [0.1, 0.15) is 5.56 Å². The summed E-state index contributed by atoms with van der Waals surface area (Å²) in [5.74, 6) is 1.06. The van der Waals surface area contributed by atoms with E-state index >= 15 is 0 Å². The molecule has 0 saturated carbocycles. The molecule has 0 unspecified atom stereocenters. The van der Waals surface area contributed by atoms with E-state index in [9.17, 15) is 9.59 Å². The molecular weight excluding hydrogens is 382 g/mol. The maximum atomic E-state index is 12.0. The average Bonchev–Trinajstić information content (AvgIpc) is 2.78. The van der Waals surface area contributed by atoms with Gasteiger partial charge in [0.05, 0.1) is 7.11 Å². The van der Waals surface area contributed by atoms with Crippen LogP contribution in [0, 0.1) is 0 Å². The number of hydrogen-bond donors (Lipinski definition) is 1. The van der Waals surface area contributed by atoms with Crippen molar-refractivity contribution in [1.29, 1.82) is 0 Å². The second kappa shape index (κ2) is 10.5. The first kappa shape index (κ1) is 20.7. The van der Waals surface area contributed by atoms with Crippen molar-refractivity contribution in [1.82, 2.24) is 0 Å². The van der Waals surface area contributed by atoms with Gasteiger partial charge in [-0.25, -0.2) is 4.79 Å². The molecule has 3 aromatic carbocycles. The molecule has 0 atom stereocenters. The molecule has 0 heterocycles. The molecule has 152 valence electrons. The van der Waals surface area contributed by atoms with Gasteiger partial charge in [0, 0.05) is 11.8 Å². The predicted octanol–water partition coefficient (Wildman–Crippen LogP) is 4.68. The zero-order valence-electron chi connectivity index (χ0n) is 16.4. The molecule has 0 aliphatic heterocycles. The molecule has 6 heteroatoms. The van der Waals surface area contributed by atoms with Crippen LogP contribution in [-0.4, -0.2) is 25.6 Å². The fraction of sp³-hybridized carbons (Fsp3) is 0.0833. The molecule has 0 aliphatic rings. The van der Waals surface area contributed by atoms with Crippen molar-refractivity contribution in [3.05, 3.63) is 90.5 Å². The fourth-order valence-electron chi connectivity index (χ4n) is 2.49. The molecule has 1 N–H and O–H groups in total. The molecule has 0 fully saturated rings. The largest absolute Gasteiger partial charge is 0.497 e. The van der Waals surface area contributed by atoms with Gasteiger partial charge in [0.1, 0.15) is 17.2 Å². The predicted molar refractivity (Wildman–Crippen MR) is 115 cm³/mol. The molecule has 0 saturated heterocycles. The second-order valence-electron chi connectivity index (χ2n) is 6.20. The third-order valence-electron chi connectivity index (χ3n) is 3.99. The summed E-state index contributed by atoms with van der Waals surface area (Å²) in [7, 11) is 1.58. The number of carbonyl (C=O) groups is 2. The van der Waals surface area contributed by atoms with Crippen molar-refractivity contribution in [3.63, 3.8) is 0 Å². The van der Waals surface area contributed by atoms with Crippen LogP contribution in [0.3, 0.4) is 0 Å². The van der Waals surface area contributed by atoms with Gasteiger partial charge in [0.25, 0.3) is 5.91 Å². The summed E-state index contributed by atoms with van der Waals surface area (Å²) in [4.78, 5) is 23.8. The number of ether oxygens (including phenoxy) is 3. The number of anilines is 1. The van der Waals surface area contributed by atoms with Gasteiger partial charge in [-0.15, -0.1) is 0 Å². The number of methoxy groups -OCH3 is 1. The van der Waals surface area contributed by atoms with E-state index in [1.54, 1.807) is 61.7 Å². The quantitative estimate of drug-likeness (QED) is 0.437. The number of rotatable bonds is 8. The average molecular weight is 403 g/mol. The number of esters is 1. The summed E-state index contributed by atoms with van der Waals surface area (Å²) in [5, 5.41) is 2.67. The van der Waals surface area contributed by atoms with Crippen LogP contribution < -0.4 is 14.8 Å². The zero-order chi connectivity index (χ0) is 21.2. The zero-order valence-corrected chi connectivity index (χ0v) is 16.4. The Kier molecular flexibility index (Phi) is 7.22. The first-order chi connectivity index (χ1) is 14.6. The Morgan fingerprint density at radius 3 is 2.13 bits per heavy atom. The third kappa shape index (κ3) is 6.53. The smallest absolute Gasteiger partial charge is 0.331 e. The Morgan fingerprint density at radius 2 is 1.47 bits per heavy atom. The maximum Gasteiger partial charge on any atom is 0.331 e. The highest BCUT2D eigenvalue weighted by Gasteiger charge is 2.06. The lowest BCUT2D eigenvalue weighted by atomic mass is 10.2. The third-order valence-corrected chi connectivity index (χ3v) is 3.99. The maximum absolute atomic E-state index is 12.0. The fourth-order valence-corrected chi connectivity index (χ4v) is 2.49. The van der Waals surface area contributed by atoms with Gasteiger partial charge in [0.2, 0.25) is 0 Å². The Balaban J connectivity index is 1.43. The standard InChI is InChI=1S/C24H21NO5/c1-28-20-12-7-18(8-13-20)9-16-24(27)29-17-23(26)25-19-10-14-22(15-11-19)30-21-5-3-2-4-6-21/h2-16H,17H2,1H3,(H,25,26)/b16-9+. The summed E-state index contributed by atoms with van der Waals surface area (Å²) < 4.78 is 15.7. The number of amides is 1. The SMILES string of the molecule is COc1ccc(/C=C/C(=O)OCC(=O)Nc2ccc(Oc3ccccc3)cc2)cc1. The summed E-state index contributed by atoms with van der Waals surface area (Å²) in [6, 6.07) is 23.5. The normalized spacial score (nSPS) is 10.4. The molecular formula is C24H21NO5. The van der Waals surface area contributed by atoms with Crippen molar-refractivity contribution in [2.24, 2.45) is 0 Å². The number of benzene rings is 3. The summed E-state index contributed by atoms with van der Waals surface area (Å²) >= 11 is 0. The van der Waals surface area contributed by atoms with Gasteiger partial charge < -0.3 is 19.5 Å². The van der Waals surface area contributed by atoms with E-state index in [2.05, 4.69) is 5.32 Å². The van der Waals surface area contributed by atoms with Crippen LogP contribution in [0.15, 0.2) is 84.9 Å². The minimum absolute atomic E-state index is 0.381. The van der Waals surface area contributed by atoms with E-state index in [4.69, 9.17) is 14.2 Å². The Labute approximate surface area is 174 Å². The van der Waals surface area contributed by atoms with Gasteiger partial charge in [-0.1, -0.05) is 30.3 Å². The lowest BCUT2D eigenvalue weighted by Crippen LogP contribution is -2.20. The van der Waals surface area contributed by atoms with E-state index in [1.165, 1.54) is 6.08 Å². The number of para-hydroxylation sites is 1. The lowest BCUT2D eigenvalue weighted by Gasteiger charge is -2.08. The van der Waals surface area contributed by atoms with E-state index in [1.807, 2.05) is 30.3 Å². The topological polar surface area (TPSA) is 73.9 Å². The highest BCUT2D eigenvalue weighted by Crippen LogP contribution is 2.22. The van der Waals surface area contributed by atoms with Gasteiger partial charge in [0.15, 0.2) is 6.61 Å². The lowest BCUT2D eigenvalue weighted by molar-refractivity contribution is -0.142. The summed E-state index contributed by atoms with van der Waals surface area (Å²) in [6.07, 6.45) is 2.87. The first-order valence-corrected chi connectivity index (χ1v) is 9.24. The summed E-state index contributed by atoms with van der Waals surface area (Å²) in [5.41, 5.74) is 1.39. The molecule has 0 bridgehead atoms. The van der Waals surface area contributed by atoms with Crippen LogP contribution in [0.2, 0.25) is 0 Å². The van der Waals surface area contributed by atoms with Crippen LogP contribution in [-0.2, 0) is 14.3 Å². The minimum atomic E-state index is -0.604. The Morgan fingerprint density at radius 1 is 0.833 bits per heavy atom. The molecule has 30 heavy (non-hydrogen) atoms.